The van der Waals surface area contributed by atoms with E-state index in [1.54, 1.807) is 12.4 Å². The van der Waals surface area contributed by atoms with Crippen molar-refractivity contribution in [3.63, 3.8) is 0 Å². The fourth-order valence-electron chi connectivity index (χ4n) is 3.62. The number of aromatic nitrogens is 2. The molecule has 0 unspecified atom stereocenters. The van der Waals surface area contributed by atoms with Gasteiger partial charge >= 0.3 is 0 Å². The van der Waals surface area contributed by atoms with Gasteiger partial charge in [-0.2, -0.15) is 0 Å². The first-order valence-electron chi connectivity index (χ1n) is 9.68. The molecule has 3 heterocycles. The highest BCUT2D eigenvalue weighted by Gasteiger charge is 2.18. The van der Waals surface area contributed by atoms with Crippen molar-refractivity contribution < 1.29 is 4.79 Å². The second-order valence-electron chi connectivity index (χ2n) is 7.00. The molecule has 0 spiro atoms. The van der Waals surface area contributed by atoms with E-state index in [0.717, 1.165) is 47.6 Å². The lowest BCUT2D eigenvalue weighted by atomic mass is 9.95. The Morgan fingerprint density at radius 1 is 1.17 bits per heavy atom. The highest BCUT2D eigenvalue weighted by molar-refractivity contribution is 6.04. The number of benzene rings is 1. The van der Waals surface area contributed by atoms with Crippen LogP contribution in [0.25, 0.3) is 11.1 Å². The summed E-state index contributed by atoms with van der Waals surface area (Å²) >= 11 is 0. The zero-order chi connectivity index (χ0) is 20.2. The predicted molar refractivity (Wildman–Crippen MR) is 116 cm³/mol. The van der Waals surface area contributed by atoms with Crippen LogP contribution in [0.3, 0.4) is 0 Å². The van der Waals surface area contributed by atoms with Crippen molar-refractivity contribution in [2.24, 2.45) is 5.73 Å². The third-order valence-corrected chi connectivity index (χ3v) is 5.10. The van der Waals surface area contributed by atoms with E-state index in [0.29, 0.717) is 17.9 Å². The standard InChI is InChI=1S/C22H24N6O/c1-24-19-11-14(6-9-26-19)13-28-22-20(21(23)29)17(7-10-27-22)16-5-4-15-3-2-8-25-18(15)12-16/h4-7,9-12,25H,2-3,8,13H2,1H3,(H2,23,29)(H,24,26)(H,27,28). The van der Waals surface area contributed by atoms with Crippen LogP contribution < -0.4 is 21.7 Å². The summed E-state index contributed by atoms with van der Waals surface area (Å²) in [5, 5.41) is 9.70. The zero-order valence-corrected chi connectivity index (χ0v) is 16.3. The molecule has 29 heavy (non-hydrogen) atoms. The Balaban J connectivity index is 1.66. The van der Waals surface area contributed by atoms with Crippen molar-refractivity contribution in [2.75, 3.05) is 29.5 Å². The van der Waals surface area contributed by atoms with Crippen molar-refractivity contribution in [3.05, 3.63) is 65.5 Å². The molecule has 1 aliphatic rings. The summed E-state index contributed by atoms with van der Waals surface area (Å²) < 4.78 is 0. The Kier molecular flexibility index (Phi) is 5.29. The van der Waals surface area contributed by atoms with Crippen LogP contribution in [0.15, 0.2) is 48.8 Å². The molecule has 3 aromatic rings. The molecule has 7 nitrogen and oxygen atoms in total. The lowest BCUT2D eigenvalue weighted by molar-refractivity contribution is 0.100. The topological polar surface area (TPSA) is 105 Å². The van der Waals surface area contributed by atoms with Gasteiger partial charge in [0.2, 0.25) is 0 Å². The summed E-state index contributed by atoms with van der Waals surface area (Å²) in [6, 6.07) is 11.9. The first kappa shape index (κ1) is 18.7. The molecule has 5 N–H and O–H groups in total. The molecule has 148 valence electrons. The van der Waals surface area contributed by atoms with Gasteiger partial charge in [0.15, 0.2) is 0 Å². The SMILES string of the molecule is CNc1cc(CNc2nccc(-c3ccc4c(c3)NCCC4)c2C(N)=O)ccn1. The number of hydrogen-bond donors (Lipinski definition) is 4. The van der Waals surface area contributed by atoms with Crippen molar-refractivity contribution >= 4 is 23.2 Å². The summed E-state index contributed by atoms with van der Waals surface area (Å²) in [4.78, 5) is 20.9. The Morgan fingerprint density at radius 2 is 2.03 bits per heavy atom. The number of anilines is 3. The Morgan fingerprint density at radius 3 is 2.86 bits per heavy atom. The number of nitrogens with two attached hydrogens (primary N) is 1. The largest absolute Gasteiger partial charge is 0.385 e. The highest BCUT2D eigenvalue weighted by Crippen LogP contribution is 2.32. The van der Waals surface area contributed by atoms with Crippen LogP contribution >= 0.6 is 0 Å². The number of pyridine rings is 2. The van der Waals surface area contributed by atoms with E-state index < -0.39 is 5.91 Å². The minimum atomic E-state index is -0.507. The van der Waals surface area contributed by atoms with Gasteiger partial charge in [-0.1, -0.05) is 12.1 Å². The summed E-state index contributed by atoms with van der Waals surface area (Å²) in [6.45, 7) is 1.46. The molecule has 0 saturated carbocycles. The smallest absolute Gasteiger partial charge is 0.253 e. The van der Waals surface area contributed by atoms with Gasteiger partial charge in [-0.3, -0.25) is 4.79 Å². The van der Waals surface area contributed by atoms with Crippen LogP contribution in [0.4, 0.5) is 17.3 Å². The zero-order valence-electron chi connectivity index (χ0n) is 16.3. The summed E-state index contributed by atoms with van der Waals surface area (Å²) in [5.41, 5.74) is 11.3. The van der Waals surface area contributed by atoms with Crippen molar-refractivity contribution in [1.29, 1.82) is 0 Å². The van der Waals surface area contributed by atoms with E-state index in [4.69, 9.17) is 5.73 Å². The number of fused-ring (bicyclic) bond motifs is 1. The lowest BCUT2D eigenvalue weighted by Gasteiger charge is -2.20. The first-order chi connectivity index (χ1) is 14.2. The minimum absolute atomic E-state index is 0.395. The van der Waals surface area contributed by atoms with Gasteiger partial charge in [0.1, 0.15) is 11.6 Å². The van der Waals surface area contributed by atoms with E-state index in [1.165, 1.54) is 5.56 Å². The molecule has 0 fully saturated rings. The van der Waals surface area contributed by atoms with Gasteiger partial charge in [-0.05, 0) is 59.4 Å². The van der Waals surface area contributed by atoms with Crippen molar-refractivity contribution in [3.8, 4) is 11.1 Å². The van der Waals surface area contributed by atoms with Crippen LogP contribution in [0, 0.1) is 0 Å². The first-order valence-corrected chi connectivity index (χ1v) is 9.68. The third kappa shape index (κ3) is 3.99. The van der Waals surface area contributed by atoms with E-state index in [-0.39, 0.29) is 0 Å². The molecular formula is C22H24N6O. The van der Waals surface area contributed by atoms with Crippen LogP contribution in [0.5, 0.6) is 0 Å². The molecule has 4 rings (SSSR count). The van der Waals surface area contributed by atoms with Gasteiger partial charge < -0.3 is 21.7 Å². The van der Waals surface area contributed by atoms with E-state index in [2.05, 4.69) is 38.1 Å². The fraction of sp³-hybridized carbons (Fsp3) is 0.227. The normalized spacial score (nSPS) is 12.6. The Hall–Kier alpha value is -3.61. The Labute approximate surface area is 169 Å². The van der Waals surface area contributed by atoms with Crippen molar-refractivity contribution in [1.82, 2.24) is 9.97 Å². The molecule has 0 bridgehead atoms. The number of nitrogens with one attached hydrogen (secondary N) is 3. The molecule has 0 aliphatic carbocycles. The molecule has 7 heteroatoms. The molecule has 1 amide bonds. The molecule has 1 aliphatic heterocycles. The maximum Gasteiger partial charge on any atom is 0.253 e. The second kappa shape index (κ2) is 8.18. The van der Waals surface area contributed by atoms with Gasteiger partial charge in [0.25, 0.3) is 5.91 Å². The molecule has 1 aromatic carbocycles. The second-order valence-corrected chi connectivity index (χ2v) is 7.00. The quantitative estimate of drug-likeness (QED) is 0.517. The summed E-state index contributed by atoms with van der Waals surface area (Å²) in [5.74, 6) is 0.748. The van der Waals surface area contributed by atoms with Gasteiger partial charge in [0, 0.05) is 38.2 Å². The number of carbonyl (C=O) groups excluding carboxylic acids is 1. The van der Waals surface area contributed by atoms with Crippen LogP contribution in [0.2, 0.25) is 0 Å². The molecule has 0 radical (unpaired) electrons. The summed E-state index contributed by atoms with van der Waals surface area (Å²) in [6.07, 6.45) is 5.63. The number of hydrogen-bond acceptors (Lipinski definition) is 6. The Bertz CT molecular complexity index is 1050. The van der Waals surface area contributed by atoms with Crippen LogP contribution in [0.1, 0.15) is 27.9 Å². The van der Waals surface area contributed by atoms with Crippen molar-refractivity contribution in [2.45, 2.75) is 19.4 Å². The number of rotatable bonds is 6. The third-order valence-electron chi connectivity index (χ3n) is 5.10. The maximum atomic E-state index is 12.3. The average molecular weight is 388 g/mol. The summed E-state index contributed by atoms with van der Waals surface area (Å²) in [7, 11) is 1.82. The molecular weight excluding hydrogens is 364 g/mol. The van der Waals surface area contributed by atoms with E-state index >= 15 is 0 Å². The van der Waals surface area contributed by atoms with Gasteiger partial charge in [-0.15, -0.1) is 0 Å². The number of nitrogens with zero attached hydrogens (tertiary/aromatic N) is 2. The van der Waals surface area contributed by atoms with Crippen LogP contribution in [-0.4, -0.2) is 29.5 Å². The highest BCUT2D eigenvalue weighted by atomic mass is 16.1. The maximum absolute atomic E-state index is 12.3. The monoisotopic (exact) mass is 388 g/mol. The fourth-order valence-corrected chi connectivity index (χ4v) is 3.62. The van der Waals surface area contributed by atoms with Gasteiger partial charge in [0.05, 0.1) is 5.56 Å². The molecule has 0 atom stereocenters. The van der Waals surface area contributed by atoms with Crippen LogP contribution in [-0.2, 0) is 13.0 Å². The number of primary amides is 1. The number of aryl methyl sites for hydroxylation is 1. The number of carbonyl (C=O) groups is 1. The minimum Gasteiger partial charge on any atom is -0.385 e. The molecule has 0 saturated heterocycles. The lowest BCUT2D eigenvalue weighted by Crippen LogP contribution is -2.17. The van der Waals surface area contributed by atoms with E-state index in [9.17, 15) is 4.79 Å². The molecule has 2 aromatic heterocycles. The number of amides is 1. The van der Waals surface area contributed by atoms with Gasteiger partial charge in [-0.25, -0.2) is 9.97 Å². The predicted octanol–water partition coefficient (Wildman–Crippen LogP) is 3.25. The average Bonchev–Trinajstić information content (AvgIpc) is 2.77. The van der Waals surface area contributed by atoms with E-state index in [1.807, 2.05) is 31.3 Å².